The number of fused-ring (bicyclic) bond motifs is 2. The van der Waals surface area contributed by atoms with Crippen LogP contribution in [0.15, 0.2) is 23.6 Å². The molecule has 1 atom stereocenters. The molecule has 0 saturated carbocycles. The van der Waals surface area contributed by atoms with Gasteiger partial charge in [0.05, 0.1) is 30.4 Å². The lowest BCUT2D eigenvalue weighted by Crippen LogP contribution is -2.53. The van der Waals surface area contributed by atoms with E-state index in [-0.39, 0.29) is 35.5 Å². The highest BCUT2D eigenvalue weighted by Crippen LogP contribution is 2.33. The van der Waals surface area contributed by atoms with Crippen LogP contribution < -0.4 is 4.74 Å². The minimum absolute atomic E-state index is 0.0144. The quantitative estimate of drug-likeness (QED) is 0.492. The van der Waals surface area contributed by atoms with E-state index in [4.69, 9.17) is 9.47 Å². The van der Waals surface area contributed by atoms with E-state index in [0.29, 0.717) is 10.4 Å². The molecule has 0 fully saturated rings. The molecule has 3 heterocycles. The molecule has 0 radical (unpaired) electrons. The maximum Gasteiger partial charge on any atom is 0.394 e. The number of carbonyl (C=O) groups is 5. The van der Waals surface area contributed by atoms with E-state index in [1.807, 2.05) is 0 Å². The third-order valence-electron chi connectivity index (χ3n) is 5.26. The van der Waals surface area contributed by atoms with Gasteiger partial charge in [-0.05, 0) is 17.7 Å². The van der Waals surface area contributed by atoms with Crippen LogP contribution in [-0.2, 0) is 27.4 Å². The number of hydrogen-bond donors (Lipinski definition) is 2. The van der Waals surface area contributed by atoms with Crippen molar-refractivity contribution in [2.24, 2.45) is 0 Å². The van der Waals surface area contributed by atoms with Gasteiger partial charge in [0.1, 0.15) is 18.6 Å². The van der Waals surface area contributed by atoms with Crippen molar-refractivity contribution in [2.45, 2.75) is 19.3 Å². The number of imide groups is 1. The van der Waals surface area contributed by atoms with Crippen LogP contribution in [0.4, 0.5) is 0 Å². The van der Waals surface area contributed by atoms with Gasteiger partial charge in [0.15, 0.2) is 0 Å². The summed E-state index contributed by atoms with van der Waals surface area (Å²) in [5.74, 6) is -5.66. The number of methoxy groups -OCH3 is 1. The number of carboxylic acid groups (broad SMARTS) is 2. The lowest BCUT2D eigenvalue weighted by Gasteiger charge is -2.35. The summed E-state index contributed by atoms with van der Waals surface area (Å²) in [7, 11) is 1.34. The molecule has 1 unspecified atom stereocenters. The topological polar surface area (TPSA) is 151 Å². The lowest BCUT2D eigenvalue weighted by atomic mass is 10.0. The molecule has 0 aliphatic carbocycles. The molecule has 3 amide bonds. The van der Waals surface area contributed by atoms with E-state index in [2.05, 4.69) is 0 Å². The van der Waals surface area contributed by atoms with E-state index in [1.165, 1.54) is 42.0 Å². The molecule has 2 aromatic rings. The van der Waals surface area contributed by atoms with Crippen molar-refractivity contribution in [1.82, 2.24) is 9.80 Å². The molecule has 1 aromatic heterocycles. The molecule has 166 valence electrons. The van der Waals surface area contributed by atoms with Gasteiger partial charge in [-0.25, -0.2) is 9.59 Å². The molecule has 0 saturated heterocycles. The number of hydrogen-bond acceptors (Lipinski definition) is 8. The SMILES string of the molecule is COc1cccc2c1C(=O)N(CN(C(=O)C(=O)O)C1Cc3c(C(=O)O)csc3CO1)C2=O. The number of amides is 3. The third kappa shape index (κ3) is 3.39. The first-order valence-corrected chi connectivity index (χ1v) is 10.1. The highest BCUT2D eigenvalue weighted by molar-refractivity contribution is 7.10. The molecule has 0 spiro atoms. The van der Waals surface area contributed by atoms with Crippen LogP contribution in [0.1, 0.15) is 41.5 Å². The maximum atomic E-state index is 12.9. The first-order valence-electron chi connectivity index (χ1n) is 9.25. The minimum Gasteiger partial charge on any atom is -0.496 e. The molecule has 32 heavy (non-hydrogen) atoms. The van der Waals surface area contributed by atoms with Crippen molar-refractivity contribution in [1.29, 1.82) is 0 Å². The highest BCUT2D eigenvalue weighted by Gasteiger charge is 2.42. The van der Waals surface area contributed by atoms with Gasteiger partial charge in [0.2, 0.25) is 0 Å². The van der Waals surface area contributed by atoms with Crippen molar-refractivity contribution < 1.29 is 43.7 Å². The van der Waals surface area contributed by atoms with Crippen molar-refractivity contribution in [3.8, 4) is 5.75 Å². The summed E-state index contributed by atoms with van der Waals surface area (Å²) in [6.45, 7) is -0.732. The largest absolute Gasteiger partial charge is 0.496 e. The normalized spacial score (nSPS) is 17.0. The molecule has 12 heteroatoms. The van der Waals surface area contributed by atoms with E-state index < -0.39 is 42.6 Å². The lowest BCUT2D eigenvalue weighted by molar-refractivity contribution is -0.167. The van der Waals surface area contributed by atoms with Gasteiger partial charge in [0, 0.05) is 16.7 Å². The van der Waals surface area contributed by atoms with E-state index in [0.717, 1.165) is 9.80 Å². The van der Waals surface area contributed by atoms with Crippen LogP contribution in [0.2, 0.25) is 0 Å². The predicted octanol–water partition coefficient (Wildman–Crippen LogP) is 1.02. The zero-order valence-corrected chi connectivity index (χ0v) is 17.4. The second kappa shape index (κ2) is 8.05. The highest BCUT2D eigenvalue weighted by atomic mass is 32.1. The van der Waals surface area contributed by atoms with Crippen LogP contribution in [0.5, 0.6) is 5.75 Å². The van der Waals surface area contributed by atoms with Crippen LogP contribution in [0, 0.1) is 0 Å². The van der Waals surface area contributed by atoms with Gasteiger partial charge in [0.25, 0.3) is 11.8 Å². The summed E-state index contributed by atoms with van der Waals surface area (Å²) in [6, 6.07) is 4.46. The van der Waals surface area contributed by atoms with Gasteiger partial charge < -0.3 is 19.7 Å². The van der Waals surface area contributed by atoms with Gasteiger partial charge in [-0.3, -0.25) is 24.2 Å². The van der Waals surface area contributed by atoms with Crippen molar-refractivity contribution in [3.05, 3.63) is 50.7 Å². The molecule has 4 rings (SSSR count). The summed E-state index contributed by atoms with van der Waals surface area (Å²) in [4.78, 5) is 63.3. The Balaban J connectivity index is 1.66. The number of aromatic carboxylic acids is 1. The Kier molecular flexibility index (Phi) is 5.40. The van der Waals surface area contributed by atoms with Crippen LogP contribution in [0.3, 0.4) is 0 Å². The summed E-state index contributed by atoms with van der Waals surface area (Å²) in [6.07, 6.45) is -1.29. The van der Waals surface area contributed by atoms with Crippen molar-refractivity contribution in [2.75, 3.05) is 13.8 Å². The number of carboxylic acids is 2. The fourth-order valence-corrected chi connectivity index (χ4v) is 4.69. The molecular formula is C20H16N2O9S. The first-order chi connectivity index (χ1) is 15.2. The molecule has 2 N–H and O–H groups in total. The zero-order valence-electron chi connectivity index (χ0n) is 16.6. The summed E-state index contributed by atoms with van der Waals surface area (Å²) in [5, 5.41) is 20.1. The smallest absolute Gasteiger partial charge is 0.394 e. The monoisotopic (exact) mass is 460 g/mol. The first kappa shape index (κ1) is 21.5. The Morgan fingerprint density at radius 2 is 2.00 bits per heavy atom. The van der Waals surface area contributed by atoms with Crippen molar-refractivity contribution >= 4 is 41.0 Å². The second-order valence-corrected chi connectivity index (χ2v) is 7.93. The number of ether oxygens (including phenoxy) is 2. The number of nitrogens with zero attached hydrogens (tertiary/aromatic N) is 2. The fraction of sp³-hybridized carbons (Fsp3) is 0.250. The van der Waals surface area contributed by atoms with Gasteiger partial charge >= 0.3 is 17.8 Å². The molecular weight excluding hydrogens is 444 g/mol. The summed E-state index contributed by atoms with van der Waals surface area (Å²) < 4.78 is 10.8. The number of carbonyl (C=O) groups excluding carboxylic acids is 3. The number of rotatable bonds is 5. The number of aliphatic carboxylic acids is 1. The summed E-state index contributed by atoms with van der Waals surface area (Å²) in [5.41, 5.74) is 0.535. The molecule has 1 aromatic carbocycles. The fourth-order valence-electron chi connectivity index (χ4n) is 3.71. The minimum atomic E-state index is -1.81. The Hall–Kier alpha value is -3.77. The van der Waals surface area contributed by atoms with E-state index in [9.17, 15) is 34.2 Å². The standard InChI is InChI=1S/C20H16N2O9S/c1-30-12-4-2-3-9-15(12)17(24)22(16(9)23)8-21(18(25)20(28)29)14-5-10-11(19(26)27)7-32-13(10)6-31-14/h2-4,7,14H,5-6,8H2,1H3,(H,26,27)(H,28,29). The zero-order chi connectivity index (χ0) is 23.2. The number of thiophene rings is 1. The third-order valence-corrected chi connectivity index (χ3v) is 6.26. The average Bonchev–Trinajstić information content (AvgIpc) is 3.30. The van der Waals surface area contributed by atoms with Crippen molar-refractivity contribution in [3.63, 3.8) is 0 Å². The van der Waals surface area contributed by atoms with Gasteiger partial charge in [-0.2, -0.15) is 0 Å². The molecule has 11 nitrogen and oxygen atoms in total. The molecule has 0 bridgehead atoms. The number of benzene rings is 1. The predicted molar refractivity (Wildman–Crippen MR) is 106 cm³/mol. The Morgan fingerprint density at radius 1 is 1.25 bits per heavy atom. The average molecular weight is 460 g/mol. The van der Waals surface area contributed by atoms with Crippen LogP contribution >= 0.6 is 11.3 Å². The van der Waals surface area contributed by atoms with E-state index in [1.54, 1.807) is 0 Å². The Labute approximate surface area is 184 Å². The van der Waals surface area contributed by atoms with Crippen LogP contribution in [-0.4, -0.2) is 69.7 Å². The second-order valence-electron chi connectivity index (χ2n) is 6.97. The van der Waals surface area contributed by atoms with Gasteiger partial charge in [-0.15, -0.1) is 11.3 Å². The van der Waals surface area contributed by atoms with Crippen LogP contribution in [0.25, 0.3) is 0 Å². The molecule has 2 aliphatic rings. The van der Waals surface area contributed by atoms with E-state index >= 15 is 0 Å². The van der Waals surface area contributed by atoms with Gasteiger partial charge in [-0.1, -0.05) is 6.07 Å². The maximum absolute atomic E-state index is 12.9. The molecule has 2 aliphatic heterocycles. The summed E-state index contributed by atoms with van der Waals surface area (Å²) >= 11 is 1.18. The Bertz CT molecular complexity index is 1170. The Morgan fingerprint density at radius 3 is 2.66 bits per heavy atom.